The molecule has 2 rings (SSSR count). The van der Waals surface area contributed by atoms with Gasteiger partial charge in [0, 0.05) is 41.9 Å². The summed E-state index contributed by atoms with van der Waals surface area (Å²) in [4.78, 5) is 25.6. The summed E-state index contributed by atoms with van der Waals surface area (Å²) >= 11 is 11.8. The fourth-order valence-corrected chi connectivity index (χ4v) is 3.02. The number of benzene rings is 1. The smallest absolute Gasteiger partial charge is 0.321 e. The van der Waals surface area contributed by atoms with Gasteiger partial charge in [0.15, 0.2) is 0 Å². The van der Waals surface area contributed by atoms with E-state index in [1.54, 1.807) is 18.2 Å². The quantitative estimate of drug-likeness (QED) is 0.626. The second kappa shape index (κ2) is 9.94. The van der Waals surface area contributed by atoms with Crippen LogP contribution in [0.3, 0.4) is 0 Å². The molecule has 1 saturated heterocycles. The molecule has 9 heteroatoms. The Labute approximate surface area is 156 Å². The molecule has 7 nitrogen and oxygen atoms in total. The van der Waals surface area contributed by atoms with Crippen LogP contribution in [-0.2, 0) is 14.3 Å². The highest BCUT2D eigenvalue weighted by molar-refractivity contribution is 6.35. The average Bonchev–Trinajstić information content (AvgIpc) is 2.53. The number of nitrogens with zero attached hydrogens (tertiary/aromatic N) is 1. The van der Waals surface area contributed by atoms with E-state index in [0.717, 1.165) is 13.1 Å². The third-order valence-corrected chi connectivity index (χ3v) is 4.19. The highest BCUT2D eigenvalue weighted by atomic mass is 35.5. The first kappa shape index (κ1) is 19.9. The van der Waals surface area contributed by atoms with E-state index in [1.807, 2.05) is 0 Å². The van der Waals surface area contributed by atoms with Gasteiger partial charge in [-0.2, -0.15) is 0 Å². The van der Waals surface area contributed by atoms with Gasteiger partial charge < -0.3 is 20.5 Å². The molecule has 1 heterocycles. The van der Waals surface area contributed by atoms with Gasteiger partial charge >= 0.3 is 5.97 Å². The lowest BCUT2D eigenvalue weighted by Crippen LogP contribution is -2.45. The molecule has 1 fully saturated rings. The second-order valence-electron chi connectivity index (χ2n) is 5.71. The number of hydrogen-bond acceptors (Lipinski definition) is 5. The van der Waals surface area contributed by atoms with Crippen molar-refractivity contribution in [1.82, 2.24) is 10.2 Å². The number of morpholine rings is 1. The number of aliphatic carboxylic acids is 1. The number of nitrogens with one attached hydrogen (secondary N) is 2. The van der Waals surface area contributed by atoms with Gasteiger partial charge in [-0.3, -0.25) is 14.5 Å². The monoisotopic (exact) mass is 389 g/mol. The van der Waals surface area contributed by atoms with Crippen LogP contribution in [0.25, 0.3) is 0 Å². The minimum atomic E-state index is -1.07. The molecule has 0 spiro atoms. The number of rotatable bonds is 8. The van der Waals surface area contributed by atoms with Crippen molar-refractivity contribution < 1.29 is 19.4 Å². The van der Waals surface area contributed by atoms with E-state index in [2.05, 4.69) is 15.5 Å². The Hall–Kier alpha value is -1.38. The zero-order chi connectivity index (χ0) is 18.2. The lowest BCUT2D eigenvalue weighted by molar-refractivity contribution is -0.141. The molecule has 1 aliphatic rings. The molecule has 1 aliphatic heterocycles. The molecular formula is C16H21Cl2N3O4. The van der Waals surface area contributed by atoms with Crippen molar-refractivity contribution in [3.63, 3.8) is 0 Å². The first-order valence-corrected chi connectivity index (χ1v) is 8.72. The Morgan fingerprint density at radius 1 is 1.20 bits per heavy atom. The van der Waals surface area contributed by atoms with Crippen LogP contribution < -0.4 is 10.6 Å². The van der Waals surface area contributed by atoms with Crippen molar-refractivity contribution in [3.8, 4) is 0 Å². The summed E-state index contributed by atoms with van der Waals surface area (Å²) in [7, 11) is 0. The molecule has 3 N–H and O–H groups in total. The van der Waals surface area contributed by atoms with Crippen LogP contribution in [0.2, 0.25) is 10.0 Å². The molecule has 1 amide bonds. The lowest BCUT2D eigenvalue weighted by atomic mass is 10.2. The van der Waals surface area contributed by atoms with Crippen LogP contribution in [0.1, 0.15) is 6.42 Å². The van der Waals surface area contributed by atoms with Gasteiger partial charge in [0.25, 0.3) is 0 Å². The SMILES string of the molecule is O=C(CC(NCCN1CCOCC1)C(=O)O)Nc1cc(Cl)cc(Cl)c1. The largest absolute Gasteiger partial charge is 0.480 e. The number of carboxylic acid groups (broad SMARTS) is 1. The van der Waals surface area contributed by atoms with E-state index in [1.165, 1.54) is 0 Å². The van der Waals surface area contributed by atoms with E-state index < -0.39 is 17.9 Å². The molecule has 0 saturated carbocycles. The minimum Gasteiger partial charge on any atom is -0.480 e. The van der Waals surface area contributed by atoms with Crippen molar-refractivity contribution in [2.45, 2.75) is 12.5 Å². The van der Waals surface area contributed by atoms with Crippen LogP contribution in [-0.4, -0.2) is 67.3 Å². The van der Waals surface area contributed by atoms with Crippen molar-refractivity contribution in [2.75, 3.05) is 44.7 Å². The predicted molar refractivity (Wildman–Crippen MR) is 96.4 cm³/mol. The lowest BCUT2D eigenvalue weighted by Gasteiger charge is -2.27. The standard InChI is InChI=1S/C16H21Cl2N3O4/c17-11-7-12(18)9-13(8-11)20-15(22)10-14(16(23)24)19-1-2-21-3-5-25-6-4-21/h7-9,14,19H,1-6,10H2,(H,20,22)(H,23,24). The molecular weight excluding hydrogens is 369 g/mol. The highest BCUT2D eigenvalue weighted by Gasteiger charge is 2.21. The topological polar surface area (TPSA) is 90.9 Å². The fourth-order valence-electron chi connectivity index (χ4n) is 2.49. The Bertz CT molecular complexity index is 589. The highest BCUT2D eigenvalue weighted by Crippen LogP contribution is 2.22. The number of amides is 1. The van der Waals surface area contributed by atoms with Crippen molar-refractivity contribution in [1.29, 1.82) is 0 Å². The summed E-state index contributed by atoms with van der Waals surface area (Å²) in [6.07, 6.45) is -0.192. The van der Waals surface area contributed by atoms with Gasteiger partial charge in [0.1, 0.15) is 6.04 Å². The van der Waals surface area contributed by atoms with Crippen molar-refractivity contribution >= 4 is 40.8 Å². The van der Waals surface area contributed by atoms with Crippen LogP contribution in [0.15, 0.2) is 18.2 Å². The predicted octanol–water partition coefficient (Wildman–Crippen LogP) is 1.70. The zero-order valence-electron chi connectivity index (χ0n) is 13.6. The molecule has 1 aromatic carbocycles. The maximum atomic E-state index is 12.1. The summed E-state index contributed by atoms with van der Waals surface area (Å²) in [6.45, 7) is 4.22. The molecule has 0 radical (unpaired) electrons. The molecule has 1 atom stereocenters. The zero-order valence-corrected chi connectivity index (χ0v) is 15.1. The Balaban J connectivity index is 1.80. The summed E-state index contributed by atoms with van der Waals surface area (Å²) in [5.74, 6) is -1.49. The molecule has 1 aromatic rings. The van der Waals surface area contributed by atoms with Gasteiger partial charge in [0.2, 0.25) is 5.91 Å². The van der Waals surface area contributed by atoms with E-state index in [0.29, 0.717) is 42.0 Å². The number of carbonyl (C=O) groups excluding carboxylic acids is 1. The summed E-state index contributed by atoms with van der Waals surface area (Å²) in [5, 5.41) is 15.6. The Morgan fingerprint density at radius 2 is 1.84 bits per heavy atom. The molecule has 1 unspecified atom stereocenters. The molecule has 0 aromatic heterocycles. The second-order valence-corrected chi connectivity index (χ2v) is 6.58. The van der Waals surface area contributed by atoms with Crippen LogP contribution in [0, 0.1) is 0 Å². The third kappa shape index (κ3) is 7.17. The number of carbonyl (C=O) groups is 2. The first-order valence-electron chi connectivity index (χ1n) is 7.96. The maximum Gasteiger partial charge on any atom is 0.321 e. The summed E-state index contributed by atoms with van der Waals surface area (Å²) < 4.78 is 5.26. The first-order chi connectivity index (χ1) is 11.9. The van der Waals surface area contributed by atoms with Gasteiger partial charge in [0.05, 0.1) is 19.6 Å². The van der Waals surface area contributed by atoms with E-state index in [4.69, 9.17) is 27.9 Å². The summed E-state index contributed by atoms with van der Waals surface area (Å²) in [5.41, 5.74) is 0.431. The molecule has 25 heavy (non-hydrogen) atoms. The Kier molecular flexibility index (Phi) is 7.92. The third-order valence-electron chi connectivity index (χ3n) is 3.76. The molecule has 0 bridgehead atoms. The van der Waals surface area contributed by atoms with Gasteiger partial charge in [-0.15, -0.1) is 0 Å². The number of hydrogen-bond donors (Lipinski definition) is 3. The van der Waals surface area contributed by atoms with Crippen molar-refractivity contribution in [2.24, 2.45) is 0 Å². The minimum absolute atomic E-state index is 0.192. The number of ether oxygens (including phenoxy) is 1. The van der Waals surface area contributed by atoms with Crippen LogP contribution >= 0.6 is 23.2 Å². The van der Waals surface area contributed by atoms with E-state index in [-0.39, 0.29) is 6.42 Å². The van der Waals surface area contributed by atoms with Crippen LogP contribution in [0.5, 0.6) is 0 Å². The van der Waals surface area contributed by atoms with Gasteiger partial charge in [-0.05, 0) is 18.2 Å². The molecule has 138 valence electrons. The average molecular weight is 390 g/mol. The fraction of sp³-hybridized carbons (Fsp3) is 0.500. The Morgan fingerprint density at radius 3 is 2.44 bits per heavy atom. The van der Waals surface area contributed by atoms with Gasteiger partial charge in [-0.25, -0.2) is 0 Å². The number of carboxylic acids is 1. The number of halogens is 2. The van der Waals surface area contributed by atoms with Gasteiger partial charge in [-0.1, -0.05) is 23.2 Å². The van der Waals surface area contributed by atoms with E-state index >= 15 is 0 Å². The van der Waals surface area contributed by atoms with E-state index in [9.17, 15) is 14.7 Å². The van der Waals surface area contributed by atoms with Crippen LogP contribution in [0.4, 0.5) is 5.69 Å². The summed E-state index contributed by atoms with van der Waals surface area (Å²) in [6, 6.07) is 3.68. The van der Waals surface area contributed by atoms with Crippen molar-refractivity contribution in [3.05, 3.63) is 28.2 Å². The normalized spacial score (nSPS) is 16.4. The maximum absolute atomic E-state index is 12.1. The molecule has 0 aliphatic carbocycles. The number of anilines is 1.